The molecule has 0 saturated carbocycles. The zero-order valence-electron chi connectivity index (χ0n) is 11.5. The molecular formula is C12H19N3O3S. The lowest BCUT2D eigenvalue weighted by molar-refractivity contribution is -0.142. The van der Waals surface area contributed by atoms with Gasteiger partial charge < -0.3 is 14.4 Å². The van der Waals surface area contributed by atoms with Crippen LogP contribution in [0, 0.1) is 0 Å². The van der Waals surface area contributed by atoms with E-state index >= 15 is 0 Å². The summed E-state index contributed by atoms with van der Waals surface area (Å²) in [6, 6.07) is -0.239. The quantitative estimate of drug-likeness (QED) is 0.786. The first-order valence-electron chi connectivity index (χ1n) is 6.38. The third-order valence-corrected chi connectivity index (χ3v) is 4.14. The lowest BCUT2D eigenvalue weighted by atomic mass is 10.0. The van der Waals surface area contributed by atoms with E-state index in [9.17, 15) is 4.79 Å². The molecule has 0 bridgehead atoms. The fourth-order valence-electron chi connectivity index (χ4n) is 2.16. The molecule has 0 N–H and O–H groups in total. The number of methoxy groups -OCH3 is 2. The Balaban J connectivity index is 2.18. The summed E-state index contributed by atoms with van der Waals surface area (Å²) in [5, 5.41) is 0.772. The SMILES string of the molecule is COC(=O)C1CCCCN1c1nc(C(C)OC)ns1. The molecule has 6 nitrogen and oxygen atoms in total. The second-order valence-electron chi connectivity index (χ2n) is 4.54. The number of aromatic nitrogens is 2. The average Bonchev–Trinajstić information content (AvgIpc) is 2.95. The molecule has 0 aliphatic carbocycles. The van der Waals surface area contributed by atoms with Gasteiger partial charge in [-0.25, -0.2) is 9.78 Å². The molecule has 1 fully saturated rings. The number of carbonyl (C=O) groups is 1. The van der Waals surface area contributed by atoms with E-state index in [0.717, 1.165) is 30.9 Å². The summed E-state index contributed by atoms with van der Waals surface area (Å²) in [6.45, 7) is 2.72. The number of esters is 1. The highest BCUT2D eigenvalue weighted by molar-refractivity contribution is 7.09. The van der Waals surface area contributed by atoms with E-state index in [4.69, 9.17) is 9.47 Å². The largest absolute Gasteiger partial charge is 0.467 e. The molecular weight excluding hydrogens is 266 g/mol. The van der Waals surface area contributed by atoms with Crippen LogP contribution in [0.2, 0.25) is 0 Å². The van der Waals surface area contributed by atoms with Gasteiger partial charge in [-0.3, -0.25) is 0 Å². The summed E-state index contributed by atoms with van der Waals surface area (Å²) < 4.78 is 14.4. The number of hydrogen-bond acceptors (Lipinski definition) is 7. The third kappa shape index (κ3) is 3.03. The maximum absolute atomic E-state index is 11.8. The molecule has 0 amide bonds. The summed E-state index contributed by atoms with van der Waals surface area (Å²) in [5.74, 6) is 0.466. The Morgan fingerprint density at radius 3 is 2.95 bits per heavy atom. The van der Waals surface area contributed by atoms with Gasteiger partial charge in [0.15, 0.2) is 5.82 Å². The number of anilines is 1. The Morgan fingerprint density at radius 2 is 2.26 bits per heavy atom. The van der Waals surface area contributed by atoms with Crippen molar-refractivity contribution in [2.75, 3.05) is 25.7 Å². The first-order valence-corrected chi connectivity index (χ1v) is 7.15. The summed E-state index contributed by atoms with van der Waals surface area (Å²) >= 11 is 1.31. The van der Waals surface area contributed by atoms with E-state index in [-0.39, 0.29) is 18.1 Å². The second kappa shape index (κ2) is 6.29. The standard InChI is InChI=1S/C12H19N3O3S/c1-8(17-2)10-13-12(19-14-10)15-7-5-4-6-9(15)11(16)18-3/h8-9H,4-7H2,1-3H3. The van der Waals surface area contributed by atoms with Gasteiger partial charge in [0.05, 0.1) is 7.11 Å². The normalized spacial score (nSPS) is 21.2. The van der Waals surface area contributed by atoms with Crippen LogP contribution < -0.4 is 4.90 Å². The molecule has 2 atom stereocenters. The van der Waals surface area contributed by atoms with Crippen LogP contribution in [-0.2, 0) is 14.3 Å². The number of piperidine rings is 1. The Hall–Kier alpha value is -1.21. The van der Waals surface area contributed by atoms with Crippen LogP contribution in [0.25, 0.3) is 0 Å². The molecule has 0 aromatic carbocycles. The number of hydrogen-bond donors (Lipinski definition) is 0. The molecule has 2 heterocycles. The minimum atomic E-state index is -0.239. The Morgan fingerprint density at radius 1 is 1.47 bits per heavy atom. The summed E-state index contributed by atoms with van der Waals surface area (Å²) in [6.07, 6.45) is 2.77. The van der Waals surface area contributed by atoms with E-state index in [0.29, 0.717) is 5.82 Å². The molecule has 2 rings (SSSR count). The van der Waals surface area contributed by atoms with Crippen molar-refractivity contribution in [2.45, 2.75) is 38.3 Å². The van der Waals surface area contributed by atoms with Crippen molar-refractivity contribution in [3.05, 3.63) is 5.82 Å². The number of nitrogens with zero attached hydrogens (tertiary/aromatic N) is 3. The monoisotopic (exact) mass is 285 g/mol. The Kier molecular flexibility index (Phi) is 4.71. The summed E-state index contributed by atoms with van der Waals surface area (Å²) in [4.78, 5) is 18.3. The van der Waals surface area contributed by atoms with Crippen LogP contribution in [0.1, 0.15) is 38.1 Å². The molecule has 1 saturated heterocycles. The molecule has 2 unspecified atom stereocenters. The highest BCUT2D eigenvalue weighted by Gasteiger charge is 2.32. The maximum atomic E-state index is 11.8. The predicted molar refractivity (Wildman–Crippen MR) is 72.3 cm³/mol. The first-order chi connectivity index (χ1) is 9.17. The molecule has 106 valence electrons. The summed E-state index contributed by atoms with van der Waals surface area (Å²) in [7, 11) is 3.05. The minimum absolute atomic E-state index is 0.133. The van der Waals surface area contributed by atoms with Crippen molar-refractivity contribution in [2.24, 2.45) is 0 Å². The number of rotatable bonds is 4. The van der Waals surface area contributed by atoms with Crippen LogP contribution in [0.5, 0.6) is 0 Å². The molecule has 0 radical (unpaired) electrons. The molecule has 1 aromatic heterocycles. The van der Waals surface area contributed by atoms with Gasteiger partial charge >= 0.3 is 5.97 Å². The molecule has 0 spiro atoms. The van der Waals surface area contributed by atoms with Crippen LogP contribution in [0.15, 0.2) is 0 Å². The van der Waals surface area contributed by atoms with E-state index in [1.165, 1.54) is 18.6 Å². The van der Waals surface area contributed by atoms with E-state index < -0.39 is 0 Å². The molecule has 19 heavy (non-hydrogen) atoms. The maximum Gasteiger partial charge on any atom is 0.328 e. The van der Waals surface area contributed by atoms with Crippen molar-refractivity contribution in [1.82, 2.24) is 9.36 Å². The van der Waals surface area contributed by atoms with E-state index in [2.05, 4.69) is 9.36 Å². The summed E-state index contributed by atoms with van der Waals surface area (Å²) in [5.41, 5.74) is 0. The molecule has 1 aliphatic rings. The van der Waals surface area contributed by atoms with Crippen LogP contribution in [0.3, 0.4) is 0 Å². The smallest absolute Gasteiger partial charge is 0.328 e. The van der Waals surface area contributed by atoms with Crippen molar-refractivity contribution in [3.63, 3.8) is 0 Å². The van der Waals surface area contributed by atoms with Gasteiger partial charge in [-0.1, -0.05) is 0 Å². The highest BCUT2D eigenvalue weighted by atomic mass is 32.1. The van der Waals surface area contributed by atoms with Crippen LogP contribution >= 0.6 is 11.5 Å². The lowest BCUT2D eigenvalue weighted by Gasteiger charge is -2.33. The van der Waals surface area contributed by atoms with Crippen LogP contribution in [-0.4, -0.2) is 42.1 Å². The van der Waals surface area contributed by atoms with Gasteiger partial charge in [0.2, 0.25) is 5.13 Å². The van der Waals surface area contributed by atoms with Gasteiger partial charge in [-0.2, -0.15) is 4.37 Å². The minimum Gasteiger partial charge on any atom is -0.467 e. The van der Waals surface area contributed by atoms with Crippen molar-refractivity contribution < 1.29 is 14.3 Å². The molecule has 7 heteroatoms. The lowest BCUT2D eigenvalue weighted by Crippen LogP contribution is -2.45. The molecule has 1 aliphatic heterocycles. The van der Waals surface area contributed by atoms with Gasteiger partial charge in [0.25, 0.3) is 0 Å². The van der Waals surface area contributed by atoms with Gasteiger partial charge in [-0.05, 0) is 26.2 Å². The van der Waals surface area contributed by atoms with Crippen molar-refractivity contribution in [1.29, 1.82) is 0 Å². The van der Waals surface area contributed by atoms with Crippen molar-refractivity contribution in [3.8, 4) is 0 Å². The fraction of sp³-hybridized carbons (Fsp3) is 0.750. The zero-order valence-corrected chi connectivity index (χ0v) is 12.3. The van der Waals surface area contributed by atoms with Gasteiger partial charge in [0.1, 0.15) is 12.1 Å². The Bertz CT molecular complexity index is 438. The van der Waals surface area contributed by atoms with Gasteiger partial charge in [-0.15, -0.1) is 0 Å². The number of carbonyl (C=O) groups excluding carboxylic acids is 1. The second-order valence-corrected chi connectivity index (χ2v) is 5.27. The fourth-order valence-corrected chi connectivity index (χ4v) is 2.98. The third-order valence-electron chi connectivity index (χ3n) is 3.37. The zero-order chi connectivity index (χ0) is 13.8. The number of ether oxygens (including phenoxy) is 2. The van der Waals surface area contributed by atoms with E-state index in [1.807, 2.05) is 11.8 Å². The average molecular weight is 285 g/mol. The first kappa shape index (κ1) is 14.2. The Labute approximate surface area is 116 Å². The van der Waals surface area contributed by atoms with E-state index in [1.54, 1.807) is 7.11 Å². The van der Waals surface area contributed by atoms with Gasteiger partial charge in [0, 0.05) is 25.2 Å². The van der Waals surface area contributed by atoms with Crippen molar-refractivity contribution >= 4 is 22.6 Å². The predicted octanol–water partition coefficient (Wildman–Crippen LogP) is 1.78. The highest BCUT2D eigenvalue weighted by Crippen LogP contribution is 2.28. The van der Waals surface area contributed by atoms with Crippen LogP contribution in [0.4, 0.5) is 5.13 Å². The topological polar surface area (TPSA) is 64.5 Å². The molecule has 1 aromatic rings.